The van der Waals surface area contributed by atoms with Gasteiger partial charge in [0.15, 0.2) is 0 Å². The molecule has 6 nitrogen and oxygen atoms in total. The Labute approximate surface area is 271 Å². The summed E-state index contributed by atoms with van der Waals surface area (Å²) < 4.78 is 13.2. The van der Waals surface area contributed by atoms with Crippen LogP contribution in [0, 0.1) is 46.3 Å². The highest BCUT2D eigenvalue weighted by Crippen LogP contribution is 2.69. The number of ether oxygens (including phenoxy) is 2. The van der Waals surface area contributed by atoms with Gasteiger partial charge in [-0.25, -0.2) is 0 Å². The fourth-order valence-corrected chi connectivity index (χ4v) is 11.0. The second kappa shape index (κ2) is 17.8. The summed E-state index contributed by atoms with van der Waals surface area (Å²) in [5.74, 6) is 3.37. The molecule has 6 N–H and O–H groups in total. The van der Waals surface area contributed by atoms with Gasteiger partial charge in [-0.2, -0.15) is 0 Å². The van der Waals surface area contributed by atoms with Gasteiger partial charge < -0.3 is 31.4 Å². The Morgan fingerprint density at radius 3 is 2.27 bits per heavy atom. The van der Waals surface area contributed by atoms with Crippen molar-refractivity contribution >= 4 is 0 Å². The van der Waals surface area contributed by atoms with Crippen molar-refractivity contribution < 1.29 is 14.6 Å². The van der Waals surface area contributed by atoms with Gasteiger partial charge in [-0.05, 0) is 144 Å². The maximum atomic E-state index is 11.9. The number of aliphatic hydroxyl groups is 1. The third-order valence-electron chi connectivity index (χ3n) is 13.6. The zero-order chi connectivity index (χ0) is 31.6. The number of nitrogens with one attached hydrogen (secondary N) is 1. The molecule has 4 saturated carbocycles. The molecule has 0 aromatic rings. The summed E-state index contributed by atoms with van der Waals surface area (Å²) in [5, 5.41) is 15.7. The number of hydrogen-bond donors (Lipinski definition) is 4. The van der Waals surface area contributed by atoms with Crippen molar-refractivity contribution in [3.8, 4) is 0 Å². The van der Waals surface area contributed by atoms with Gasteiger partial charge in [0.2, 0.25) is 0 Å². The predicted molar refractivity (Wildman–Crippen MR) is 183 cm³/mol. The first-order chi connectivity index (χ1) is 21.3. The number of nitrogens with two attached hydrogens (primary N) is 2. The van der Waals surface area contributed by atoms with E-state index in [1.165, 1.54) is 77.2 Å². The standard InChI is InChI=1S/C38H73N3O3/c1-5-6-7-8-9-10-21-41-22-11-14-28(2)31-15-16-32-36-33(27-35(38(31,32)4)44-24-13-20-40)37(3)18-17-30(43-23-12-19-39)25-29(37)26-34(36)42/h28-36,41-42H,5-27,39-40H2,1-4H3/t28-,29?,30-,31-,32+,33+,34-,35+,36?,37+,38-/m1/s1. The Bertz CT molecular complexity index is 814. The summed E-state index contributed by atoms with van der Waals surface area (Å²) in [6.45, 7) is 15.2. The third kappa shape index (κ3) is 8.42. The Hall–Kier alpha value is -0.240. The molecule has 0 spiro atoms. The summed E-state index contributed by atoms with van der Waals surface area (Å²) in [4.78, 5) is 0. The molecule has 44 heavy (non-hydrogen) atoms. The number of aliphatic hydroxyl groups excluding tert-OH is 1. The van der Waals surface area contributed by atoms with Gasteiger partial charge in [0.05, 0.1) is 18.3 Å². The quantitative estimate of drug-likeness (QED) is 0.109. The molecule has 11 atom stereocenters. The van der Waals surface area contributed by atoms with Crippen LogP contribution in [0.5, 0.6) is 0 Å². The largest absolute Gasteiger partial charge is 0.393 e. The van der Waals surface area contributed by atoms with Crippen LogP contribution < -0.4 is 16.8 Å². The molecule has 4 rings (SSSR count). The molecule has 6 heteroatoms. The van der Waals surface area contributed by atoms with Crippen LogP contribution in [0.2, 0.25) is 0 Å². The van der Waals surface area contributed by atoms with Gasteiger partial charge in [0.1, 0.15) is 0 Å². The molecule has 0 aromatic carbocycles. The second-order valence-electron chi connectivity index (χ2n) is 16.1. The summed E-state index contributed by atoms with van der Waals surface area (Å²) >= 11 is 0. The van der Waals surface area contributed by atoms with Gasteiger partial charge >= 0.3 is 0 Å². The SMILES string of the molecule is CCCCCCCCNCCC[C@@H](C)[C@H]1CC[C@H]2C3[C@H](O)CC4C[C@H](OCCCN)CC[C@]4(C)[C@H]3C[C@H](OCCCN)[C@]12C. The zero-order valence-corrected chi connectivity index (χ0v) is 29.4. The van der Waals surface area contributed by atoms with Crippen molar-refractivity contribution in [2.45, 2.75) is 155 Å². The lowest BCUT2D eigenvalue weighted by Crippen LogP contribution is -2.63. The Balaban J connectivity index is 1.39. The highest BCUT2D eigenvalue weighted by molar-refractivity contribution is 5.15. The lowest BCUT2D eigenvalue weighted by Gasteiger charge is -2.64. The Morgan fingerprint density at radius 1 is 0.818 bits per heavy atom. The minimum absolute atomic E-state index is 0.133. The van der Waals surface area contributed by atoms with Crippen LogP contribution in [0.25, 0.3) is 0 Å². The monoisotopic (exact) mass is 620 g/mol. The van der Waals surface area contributed by atoms with Gasteiger partial charge in [-0.15, -0.1) is 0 Å². The van der Waals surface area contributed by atoms with E-state index in [1.807, 2.05) is 0 Å². The molecule has 0 radical (unpaired) electrons. The van der Waals surface area contributed by atoms with E-state index in [4.69, 9.17) is 20.9 Å². The number of rotatable bonds is 20. The molecule has 2 unspecified atom stereocenters. The highest BCUT2D eigenvalue weighted by Gasteiger charge is 2.66. The first-order valence-corrected chi connectivity index (χ1v) is 19.3. The third-order valence-corrected chi connectivity index (χ3v) is 13.6. The fourth-order valence-electron chi connectivity index (χ4n) is 11.0. The zero-order valence-electron chi connectivity index (χ0n) is 29.4. The van der Waals surface area contributed by atoms with E-state index < -0.39 is 0 Å². The van der Waals surface area contributed by atoms with E-state index in [0.29, 0.717) is 54.7 Å². The maximum absolute atomic E-state index is 11.9. The van der Waals surface area contributed by atoms with Crippen LogP contribution in [0.4, 0.5) is 0 Å². The Kier molecular flexibility index (Phi) is 14.8. The first kappa shape index (κ1) is 36.6. The van der Waals surface area contributed by atoms with Crippen molar-refractivity contribution in [1.29, 1.82) is 0 Å². The van der Waals surface area contributed by atoms with Crippen molar-refractivity contribution in [1.82, 2.24) is 5.32 Å². The molecular formula is C38H73N3O3. The Morgan fingerprint density at radius 2 is 1.52 bits per heavy atom. The molecule has 4 aliphatic carbocycles. The lowest BCUT2D eigenvalue weighted by molar-refractivity contribution is -0.219. The molecule has 0 aliphatic heterocycles. The summed E-state index contributed by atoms with van der Waals surface area (Å²) in [5.41, 5.74) is 12.1. The first-order valence-electron chi connectivity index (χ1n) is 19.3. The van der Waals surface area contributed by atoms with E-state index in [1.54, 1.807) is 0 Å². The predicted octanol–water partition coefficient (Wildman–Crippen LogP) is 7.06. The van der Waals surface area contributed by atoms with Crippen LogP contribution in [0.15, 0.2) is 0 Å². The van der Waals surface area contributed by atoms with Gasteiger partial charge in [-0.3, -0.25) is 0 Å². The molecule has 4 fully saturated rings. The molecule has 258 valence electrons. The summed E-state index contributed by atoms with van der Waals surface area (Å²) in [7, 11) is 0. The highest BCUT2D eigenvalue weighted by atomic mass is 16.5. The minimum Gasteiger partial charge on any atom is -0.393 e. The molecule has 4 aliphatic rings. The van der Waals surface area contributed by atoms with Crippen molar-refractivity contribution in [2.24, 2.45) is 57.8 Å². The number of unbranched alkanes of at least 4 members (excludes halogenated alkanes) is 5. The van der Waals surface area contributed by atoms with E-state index in [0.717, 1.165) is 58.3 Å². The van der Waals surface area contributed by atoms with Crippen LogP contribution in [0.1, 0.15) is 137 Å². The summed E-state index contributed by atoms with van der Waals surface area (Å²) in [6.07, 6.45) is 21.0. The van der Waals surface area contributed by atoms with Crippen LogP contribution in [-0.4, -0.2) is 62.8 Å². The molecule has 0 amide bonds. The topological polar surface area (TPSA) is 103 Å². The summed E-state index contributed by atoms with van der Waals surface area (Å²) in [6, 6.07) is 0. The smallest absolute Gasteiger partial charge is 0.0637 e. The van der Waals surface area contributed by atoms with Crippen molar-refractivity contribution in [3.63, 3.8) is 0 Å². The number of hydrogen-bond acceptors (Lipinski definition) is 6. The molecule has 0 aromatic heterocycles. The molecule has 0 heterocycles. The van der Waals surface area contributed by atoms with E-state index in [2.05, 4.69) is 33.0 Å². The normalized spacial score (nSPS) is 39.1. The fraction of sp³-hybridized carbons (Fsp3) is 1.00. The van der Waals surface area contributed by atoms with E-state index in [-0.39, 0.29) is 23.0 Å². The van der Waals surface area contributed by atoms with Gasteiger partial charge in [-0.1, -0.05) is 59.8 Å². The average Bonchev–Trinajstić information content (AvgIpc) is 3.37. The van der Waals surface area contributed by atoms with Gasteiger partial charge in [0.25, 0.3) is 0 Å². The van der Waals surface area contributed by atoms with Crippen LogP contribution >= 0.6 is 0 Å². The van der Waals surface area contributed by atoms with Gasteiger partial charge in [0, 0.05) is 18.6 Å². The van der Waals surface area contributed by atoms with Crippen LogP contribution in [0.3, 0.4) is 0 Å². The average molecular weight is 620 g/mol. The lowest BCUT2D eigenvalue weighted by atomic mass is 9.43. The molecule has 0 saturated heterocycles. The van der Waals surface area contributed by atoms with E-state index >= 15 is 0 Å². The molecule has 0 bridgehead atoms. The second-order valence-corrected chi connectivity index (χ2v) is 16.1. The minimum atomic E-state index is -0.199. The number of fused-ring (bicyclic) bond motifs is 5. The maximum Gasteiger partial charge on any atom is 0.0637 e. The van der Waals surface area contributed by atoms with Crippen LogP contribution in [-0.2, 0) is 9.47 Å². The molecular weight excluding hydrogens is 546 g/mol. The van der Waals surface area contributed by atoms with Crippen molar-refractivity contribution in [2.75, 3.05) is 39.4 Å². The van der Waals surface area contributed by atoms with E-state index in [9.17, 15) is 5.11 Å². The van der Waals surface area contributed by atoms with Crippen molar-refractivity contribution in [3.05, 3.63) is 0 Å².